The molecule has 1 rings (SSSR count). The van der Waals surface area contributed by atoms with E-state index in [9.17, 15) is 0 Å². The van der Waals surface area contributed by atoms with Gasteiger partial charge in [0.05, 0.1) is 0 Å². The van der Waals surface area contributed by atoms with E-state index in [1.54, 1.807) is 0 Å². The number of rotatable bonds is 8. The van der Waals surface area contributed by atoms with Gasteiger partial charge in [0, 0.05) is 12.1 Å². The summed E-state index contributed by atoms with van der Waals surface area (Å²) >= 11 is 0. The molecular formula is C20H35N. The van der Waals surface area contributed by atoms with E-state index in [2.05, 4.69) is 78.0 Å². The van der Waals surface area contributed by atoms with Gasteiger partial charge in [-0.15, -0.1) is 0 Å². The minimum absolute atomic E-state index is 0.425. The fourth-order valence-corrected chi connectivity index (χ4v) is 2.99. The van der Waals surface area contributed by atoms with Gasteiger partial charge in [0.2, 0.25) is 0 Å². The number of benzene rings is 1. The fourth-order valence-electron chi connectivity index (χ4n) is 2.99. The smallest absolute Gasteiger partial charge is 0.0294 e. The lowest BCUT2D eigenvalue weighted by molar-refractivity contribution is 0.335. The number of nitrogens with one attached hydrogen (secondary N) is 1. The van der Waals surface area contributed by atoms with Crippen LogP contribution in [0.5, 0.6) is 0 Å². The summed E-state index contributed by atoms with van der Waals surface area (Å²) in [5, 5.41) is 3.84. The molecule has 0 aliphatic heterocycles. The molecule has 0 bridgehead atoms. The third-order valence-electron chi connectivity index (χ3n) is 4.10. The maximum absolute atomic E-state index is 3.84. The number of hydrogen-bond acceptors (Lipinski definition) is 1. The van der Waals surface area contributed by atoms with Crippen molar-refractivity contribution in [2.24, 2.45) is 11.8 Å². The summed E-state index contributed by atoms with van der Waals surface area (Å²) in [4.78, 5) is 0. The molecule has 1 aromatic carbocycles. The lowest BCUT2D eigenvalue weighted by Gasteiger charge is -2.27. The molecule has 0 radical (unpaired) electrons. The molecule has 0 saturated heterocycles. The van der Waals surface area contributed by atoms with Crippen LogP contribution in [0.25, 0.3) is 0 Å². The van der Waals surface area contributed by atoms with Crippen molar-refractivity contribution < 1.29 is 0 Å². The van der Waals surface area contributed by atoms with Crippen molar-refractivity contribution in [2.45, 2.75) is 79.3 Å². The monoisotopic (exact) mass is 289 g/mol. The Balaban J connectivity index is 2.69. The lowest BCUT2D eigenvalue weighted by Crippen LogP contribution is -2.34. The average molecular weight is 290 g/mol. The summed E-state index contributed by atoms with van der Waals surface area (Å²) in [7, 11) is 0. The first-order valence-corrected chi connectivity index (χ1v) is 8.65. The van der Waals surface area contributed by atoms with E-state index < -0.39 is 0 Å². The molecule has 0 aromatic heterocycles. The van der Waals surface area contributed by atoms with Gasteiger partial charge in [-0.25, -0.2) is 0 Å². The third kappa shape index (κ3) is 6.65. The van der Waals surface area contributed by atoms with Crippen molar-refractivity contribution in [2.75, 3.05) is 0 Å². The summed E-state index contributed by atoms with van der Waals surface area (Å²) in [6.45, 7) is 16.1. The molecule has 1 heteroatoms. The molecule has 120 valence electrons. The highest BCUT2D eigenvalue weighted by Gasteiger charge is 2.16. The average Bonchev–Trinajstić information content (AvgIpc) is 2.37. The molecule has 0 aliphatic rings. The van der Waals surface area contributed by atoms with Crippen LogP contribution in [0.15, 0.2) is 24.3 Å². The summed E-state index contributed by atoms with van der Waals surface area (Å²) < 4.78 is 0. The second-order valence-corrected chi connectivity index (χ2v) is 7.67. The molecule has 1 unspecified atom stereocenters. The van der Waals surface area contributed by atoms with Crippen LogP contribution in [0.1, 0.15) is 84.4 Å². The first-order valence-electron chi connectivity index (χ1n) is 8.65. The lowest BCUT2D eigenvalue weighted by atomic mass is 9.94. The van der Waals surface area contributed by atoms with Gasteiger partial charge in [-0.2, -0.15) is 0 Å². The fraction of sp³-hybridized carbons (Fsp3) is 0.700. The van der Waals surface area contributed by atoms with Crippen molar-refractivity contribution in [3.05, 3.63) is 35.4 Å². The van der Waals surface area contributed by atoms with E-state index in [1.165, 1.54) is 24.0 Å². The zero-order valence-electron chi connectivity index (χ0n) is 15.1. The second-order valence-electron chi connectivity index (χ2n) is 7.67. The van der Waals surface area contributed by atoms with Gasteiger partial charge < -0.3 is 5.32 Å². The number of hydrogen-bond donors (Lipinski definition) is 1. The largest absolute Gasteiger partial charge is 0.307 e. The normalized spacial score (nSPS) is 13.7. The van der Waals surface area contributed by atoms with Crippen LogP contribution in [-0.4, -0.2) is 6.04 Å². The summed E-state index contributed by atoms with van der Waals surface area (Å²) in [5.41, 5.74) is 2.82. The van der Waals surface area contributed by atoms with E-state index in [0.717, 1.165) is 11.8 Å². The van der Waals surface area contributed by atoms with Gasteiger partial charge in [-0.1, -0.05) is 65.8 Å². The molecule has 0 heterocycles. The standard InChI is InChI=1S/C20H35N/c1-14(2)12-20(13-15(3)4)21-17(7)19-10-8-18(9-11-19)16(5)6/h8-11,14-17,20-21H,12-13H2,1-7H3. The van der Waals surface area contributed by atoms with Crippen LogP contribution in [0.4, 0.5) is 0 Å². The molecule has 0 spiro atoms. The van der Waals surface area contributed by atoms with E-state index in [4.69, 9.17) is 0 Å². The van der Waals surface area contributed by atoms with Crippen molar-refractivity contribution in [3.8, 4) is 0 Å². The van der Waals surface area contributed by atoms with E-state index in [-0.39, 0.29) is 0 Å². The quantitative estimate of drug-likeness (QED) is 0.626. The molecule has 1 N–H and O–H groups in total. The Morgan fingerprint density at radius 3 is 1.52 bits per heavy atom. The zero-order valence-corrected chi connectivity index (χ0v) is 15.1. The Morgan fingerprint density at radius 2 is 1.14 bits per heavy atom. The van der Waals surface area contributed by atoms with E-state index >= 15 is 0 Å². The summed E-state index contributed by atoms with van der Waals surface area (Å²) in [5.74, 6) is 2.10. The van der Waals surface area contributed by atoms with Crippen LogP contribution in [-0.2, 0) is 0 Å². The minimum Gasteiger partial charge on any atom is -0.307 e. The Kier molecular flexibility index (Phi) is 7.45. The topological polar surface area (TPSA) is 12.0 Å². The van der Waals surface area contributed by atoms with Gasteiger partial charge in [0.25, 0.3) is 0 Å². The van der Waals surface area contributed by atoms with Crippen molar-refractivity contribution >= 4 is 0 Å². The highest BCUT2D eigenvalue weighted by molar-refractivity contribution is 5.26. The van der Waals surface area contributed by atoms with Crippen LogP contribution in [0.2, 0.25) is 0 Å². The third-order valence-corrected chi connectivity index (χ3v) is 4.10. The first kappa shape index (κ1) is 18.2. The Labute approximate surface area is 132 Å². The molecular weight excluding hydrogens is 254 g/mol. The molecule has 0 saturated carbocycles. The summed E-state index contributed by atoms with van der Waals surface area (Å²) in [6.07, 6.45) is 2.51. The predicted octanol–water partition coefficient (Wildman–Crippen LogP) is 5.92. The zero-order chi connectivity index (χ0) is 16.0. The SMILES string of the molecule is CC(C)CC(CC(C)C)NC(C)c1ccc(C(C)C)cc1. The van der Waals surface area contributed by atoms with E-state index in [1.807, 2.05) is 0 Å². The Morgan fingerprint density at radius 1 is 0.714 bits per heavy atom. The molecule has 1 aromatic rings. The van der Waals surface area contributed by atoms with Gasteiger partial charge in [0.15, 0.2) is 0 Å². The molecule has 1 atom stereocenters. The maximum Gasteiger partial charge on any atom is 0.0294 e. The maximum atomic E-state index is 3.84. The molecule has 0 amide bonds. The van der Waals surface area contributed by atoms with Gasteiger partial charge in [0.1, 0.15) is 0 Å². The van der Waals surface area contributed by atoms with Gasteiger partial charge >= 0.3 is 0 Å². The van der Waals surface area contributed by atoms with Crippen LogP contribution in [0.3, 0.4) is 0 Å². The first-order chi connectivity index (χ1) is 9.79. The summed E-state index contributed by atoms with van der Waals surface area (Å²) in [6, 6.07) is 10.2. The van der Waals surface area contributed by atoms with Crippen molar-refractivity contribution in [1.82, 2.24) is 5.32 Å². The van der Waals surface area contributed by atoms with E-state index in [0.29, 0.717) is 18.0 Å². The van der Waals surface area contributed by atoms with Crippen LogP contribution in [0, 0.1) is 11.8 Å². The molecule has 1 nitrogen and oxygen atoms in total. The van der Waals surface area contributed by atoms with Crippen molar-refractivity contribution in [1.29, 1.82) is 0 Å². The Bertz CT molecular complexity index is 379. The molecule has 21 heavy (non-hydrogen) atoms. The van der Waals surface area contributed by atoms with Gasteiger partial charge in [-0.3, -0.25) is 0 Å². The van der Waals surface area contributed by atoms with Crippen LogP contribution >= 0.6 is 0 Å². The van der Waals surface area contributed by atoms with Crippen LogP contribution < -0.4 is 5.32 Å². The highest BCUT2D eigenvalue weighted by Crippen LogP contribution is 2.21. The molecule has 0 aliphatic carbocycles. The highest BCUT2D eigenvalue weighted by atomic mass is 14.9. The minimum atomic E-state index is 0.425. The van der Waals surface area contributed by atoms with Crippen molar-refractivity contribution in [3.63, 3.8) is 0 Å². The Hall–Kier alpha value is -0.820. The molecule has 0 fully saturated rings. The second kappa shape index (κ2) is 8.58. The van der Waals surface area contributed by atoms with Gasteiger partial charge in [-0.05, 0) is 48.6 Å². The predicted molar refractivity (Wildman–Crippen MR) is 94.8 cm³/mol.